The highest BCUT2D eigenvalue weighted by Crippen LogP contribution is 2.10. The molecule has 0 heterocycles. The summed E-state index contributed by atoms with van der Waals surface area (Å²) in [5, 5.41) is 6.40. The van der Waals surface area contributed by atoms with Crippen LogP contribution in [0.25, 0.3) is 0 Å². The minimum atomic E-state index is -0.377. The number of esters is 1. The van der Waals surface area contributed by atoms with Crippen LogP contribution in [0.5, 0.6) is 0 Å². The summed E-state index contributed by atoms with van der Waals surface area (Å²) in [6.45, 7) is 2.11. The van der Waals surface area contributed by atoms with Crippen molar-refractivity contribution in [2.45, 2.75) is 13.3 Å². The summed E-state index contributed by atoms with van der Waals surface area (Å²) in [6, 6.07) is 15.9. The third-order valence-electron chi connectivity index (χ3n) is 3.11. The standard InChI is InChI=1S/C19H20N2O4/c1-2-12-24-19(23)16-8-10-17(11-9-16)21-18(22)14-25-20-13-15-6-4-3-5-7-15/h3-11,13H,2,12,14H2,1H3,(H,21,22)/b20-13-. The SMILES string of the molecule is CCCOC(=O)c1ccc(NC(=O)CO/N=C\c2ccccc2)cc1. The zero-order valence-electron chi connectivity index (χ0n) is 14.0. The zero-order valence-corrected chi connectivity index (χ0v) is 14.0. The molecule has 0 fully saturated rings. The van der Waals surface area contributed by atoms with Crippen LogP contribution in [-0.4, -0.2) is 31.3 Å². The molecule has 130 valence electrons. The van der Waals surface area contributed by atoms with Gasteiger partial charge in [0.05, 0.1) is 18.4 Å². The molecule has 0 saturated carbocycles. The molecule has 2 aromatic rings. The Morgan fingerprint density at radius 1 is 1.08 bits per heavy atom. The molecule has 0 atom stereocenters. The lowest BCUT2D eigenvalue weighted by Gasteiger charge is -2.06. The second-order valence-corrected chi connectivity index (χ2v) is 5.18. The summed E-state index contributed by atoms with van der Waals surface area (Å²) in [6.07, 6.45) is 2.30. The zero-order chi connectivity index (χ0) is 17.9. The van der Waals surface area contributed by atoms with Crippen molar-refractivity contribution in [1.29, 1.82) is 0 Å². The predicted molar refractivity (Wildman–Crippen MR) is 95.6 cm³/mol. The van der Waals surface area contributed by atoms with Crippen molar-refractivity contribution in [2.75, 3.05) is 18.5 Å². The molecule has 6 heteroatoms. The minimum absolute atomic E-state index is 0.205. The molecule has 1 amide bonds. The number of ether oxygens (including phenoxy) is 1. The van der Waals surface area contributed by atoms with Gasteiger partial charge >= 0.3 is 5.97 Å². The Morgan fingerprint density at radius 2 is 1.80 bits per heavy atom. The molecule has 0 spiro atoms. The number of rotatable bonds is 8. The predicted octanol–water partition coefficient (Wildman–Crippen LogP) is 3.24. The van der Waals surface area contributed by atoms with Crippen molar-refractivity contribution in [3.63, 3.8) is 0 Å². The smallest absolute Gasteiger partial charge is 0.338 e. The van der Waals surface area contributed by atoms with Gasteiger partial charge in [-0.05, 0) is 36.2 Å². The van der Waals surface area contributed by atoms with Gasteiger partial charge in [-0.25, -0.2) is 4.79 Å². The van der Waals surface area contributed by atoms with Crippen LogP contribution in [-0.2, 0) is 14.4 Å². The van der Waals surface area contributed by atoms with E-state index >= 15 is 0 Å². The van der Waals surface area contributed by atoms with Crippen molar-refractivity contribution < 1.29 is 19.2 Å². The molecular formula is C19H20N2O4. The van der Waals surface area contributed by atoms with E-state index < -0.39 is 0 Å². The lowest BCUT2D eigenvalue weighted by atomic mass is 10.2. The highest BCUT2D eigenvalue weighted by Gasteiger charge is 2.07. The lowest BCUT2D eigenvalue weighted by molar-refractivity contribution is -0.120. The fourth-order valence-corrected chi connectivity index (χ4v) is 1.90. The lowest BCUT2D eigenvalue weighted by Crippen LogP contribution is -2.17. The Morgan fingerprint density at radius 3 is 2.48 bits per heavy atom. The number of anilines is 1. The van der Waals surface area contributed by atoms with Crippen LogP contribution in [0.15, 0.2) is 59.8 Å². The van der Waals surface area contributed by atoms with Crippen molar-refractivity contribution >= 4 is 23.8 Å². The average molecular weight is 340 g/mol. The Labute approximate surface area is 146 Å². The van der Waals surface area contributed by atoms with Gasteiger partial charge in [-0.1, -0.05) is 42.4 Å². The number of amides is 1. The first-order chi connectivity index (χ1) is 12.2. The van der Waals surface area contributed by atoms with Crippen molar-refractivity contribution in [1.82, 2.24) is 0 Å². The second-order valence-electron chi connectivity index (χ2n) is 5.18. The quantitative estimate of drug-likeness (QED) is 0.455. The summed E-state index contributed by atoms with van der Waals surface area (Å²) in [7, 11) is 0. The van der Waals surface area contributed by atoms with Crippen LogP contribution < -0.4 is 5.32 Å². The third-order valence-corrected chi connectivity index (χ3v) is 3.11. The number of carbonyl (C=O) groups excluding carboxylic acids is 2. The fraction of sp³-hybridized carbons (Fsp3) is 0.211. The van der Waals surface area contributed by atoms with Gasteiger partial charge in [0.1, 0.15) is 0 Å². The minimum Gasteiger partial charge on any atom is -0.462 e. The number of benzene rings is 2. The number of carbonyl (C=O) groups is 2. The first-order valence-electron chi connectivity index (χ1n) is 7.96. The van der Waals surface area contributed by atoms with Crippen LogP contribution in [0.4, 0.5) is 5.69 Å². The van der Waals surface area contributed by atoms with Crippen molar-refractivity contribution in [2.24, 2.45) is 5.16 Å². The topological polar surface area (TPSA) is 77.0 Å². The Hall–Kier alpha value is -3.15. The van der Waals surface area contributed by atoms with Crippen LogP contribution in [0.3, 0.4) is 0 Å². The normalized spacial score (nSPS) is 10.4. The van der Waals surface area contributed by atoms with E-state index in [1.54, 1.807) is 24.3 Å². The van der Waals surface area contributed by atoms with Crippen LogP contribution >= 0.6 is 0 Å². The maximum Gasteiger partial charge on any atom is 0.338 e. The van der Waals surface area contributed by atoms with Gasteiger partial charge in [0, 0.05) is 5.69 Å². The monoisotopic (exact) mass is 340 g/mol. The molecule has 0 bridgehead atoms. The molecule has 0 aliphatic rings. The highest BCUT2D eigenvalue weighted by molar-refractivity contribution is 5.93. The van der Waals surface area contributed by atoms with Gasteiger partial charge in [0.2, 0.25) is 0 Å². The summed E-state index contributed by atoms with van der Waals surface area (Å²) in [4.78, 5) is 28.4. The van der Waals surface area contributed by atoms with E-state index in [1.807, 2.05) is 37.3 Å². The summed E-state index contributed by atoms with van der Waals surface area (Å²) < 4.78 is 5.04. The van der Waals surface area contributed by atoms with E-state index in [9.17, 15) is 9.59 Å². The van der Waals surface area contributed by atoms with Crippen molar-refractivity contribution in [3.05, 3.63) is 65.7 Å². The average Bonchev–Trinajstić information content (AvgIpc) is 2.65. The molecule has 0 saturated heterocycles. The molecule has 2 aromatic carbocycles. The van der Waals surface area contributed by atoms with Gasteiger partial charge in [-0.2, -0.15) is 0 Å². The van der Waals surface area contributed by atoms with E-state index in [0.717, 1.165) is 12.0 Å². The molecule has 0 aliphatic heterocycles. The molecule has 1 N–H and O–H groups in total. The fourth-order valence-electron chi connectivity index (χ4n) is 1.90. The largest absolute Gasteiger partial charge is 0.462 e. The highest BCUT2D eigenvalue weighted by atomic mass is 16.6. The summed E-state index contributed by atoms with van der Waals surface area (Å²) >= 11 is 0. The van der Waals surface area contributed by atoms with Gasteiger partial charge in [-0.3, -0.25) is 4.79 Å². The Bertz CT molecular complexity index is 712. The van der Waals surface area contributed by atoms with Gasteiger partial charge in [-0.15, -0.1) is 0 Å². The molecule has 0 unspecified atom stereocenters. The summed E-state index contributed by atoms with van der Waals surface area (Å²) in [5.41, 5.74) is 1.89. The Kier molecular flexibility index (Phi) is 7.18. The number of hydrogen-bond donors (Lipinski definition) is 1. The third kappa shape index (κ3) is 6.47. The summed E-state index contributed by atoms with van der Waals surface area (Å²) in [5.74, 6) is -0.718. The maximum atomic E-state index is 11.8. The Balaban J connectivity index is 1.76. The van der Waals surface area contributed by atoms with Crippen molar-refractivity contribution in [3.8, 4) is 0 Å². The molecule has 0 aromatic heterocycles. The van der Waals surface area contributed by atoms with E-state index in [-0.39, 0.29) is 18.5 Å². The molecular weight excluding hydrogens is 320 g/mol. The number of nitrogens with one attached hydrogen (secondary N) is 1. The molecule has 0 aliphatic carbocycles. The number of oxime groups is 1. The van der Waals surface area contributed by atoms with E-state index in [2.05, 4.69) is 10.5 Å². The molecule has 0 radical (unpaired) electrons. The first-order valence-corrected chi connectivity index (χ1v) is 7.96. The van der Waals surface area contributed by atoms with Gasteiger partial charge in [0.25, 0.3) is 5.91 Å². The van der Waals surface area contributed by atoms with E-state index in [1.165, 1.54) is 6.21 Å². The van der Waals surface area contributed by atoms with Gasteiger partial charge < -0.3 is 14.9 Å². The second kappa shape index (κ2) is 9.87. The van der Waals surface area contributed by atoms with E-state index in [4.69, 9.17) is 9.57 Å². The number of nitrogens with zero attached hydrogens (tertiary/aromatic N) is 1. The molecule has 2 rings (SSSR count). The number of hydrogen-bond acceptors (Lipinski definition) is 5. The van der Waals surface area contributed by atoms with Gasteiger partial charge in [0.15, 0.2) is 6.61 Å². The maximum absolute atomic E-state index is 11.8. The molecule has 25 heavy (non-hydrogen) atoms. The van der Waals surface area contributed by atoms with E-state index in [0.29, 0.717) is 17.9 Å². The van der Waals surface area contributed by atoms with Crippen LogP contribution in [0, 0.1) is 0 Å². The van der Waals surface area contributed by atoms with Crippen LogP contribution in [0.2, 0.25) is 0 Å². The molecule has 6 nitrogen and oxygen atoms in total. The van der Waals surface area contributed by atoms with Crippen LogP contribution in [0.1, 0.15) is 29.3 Å². The first kappa shape index (κ1) is 18.2.